The Morgan fingerprint density at radius 3 is 3.00 bits per heavy atom. The Labute approximate surface area is 123 Å². The first kappa shape index (κ1) is 13.8. The minimum Gasteiger partial charge on any atom is -0.325 e. The van der Waals surface area contributed by atoms with Crippen molar-refractivity contribution in [2.45, 2.75) is 37.7 Å². The molecule has 1 aliphatic rings. The van der Waals surface area contributed by atoms with E-state index < -0.39 is 0 Å². The number of aromatic nitrogens is 2. The highest BCUT2D eigenvalue weighted by Crippen LogP contribution is 2.23. The van der Waals surface area contributed by atoms with Crippen molar-refractivity contribution >= 4 is 22.6 Å². The van der Waals surface area contributed by atoms with Crippen LogP contribution in [0.2, 0.25) is 0 Å². The minimum absolute atomic E-state index is 0.225. The second-order valence-corrected chi connectivity index (χ2v) is 5.80. The van der Waals surface area contributed by atoms with Gasteiger partial charge in [0.2, 0.25) is 0 Å². The highest BCUT2D eigenvalue weighted by atomic mass is 35.5. The molecule has 1 aliphatic heterocycles. The van der Waals surface area contributed by atoms with E-state index >= 15 is 0 Å². The molecule has 1 aromatic heterocycles. The van der Waals surface area contributed by atoms with E-state index in [2.05, 4.69) is 21.5 Å². The summed E-state index contributed by atoms with van der Waals surface area (Å²) >= 11 is 6.01. The number of piperidine rings is 1. The molecule has 0 N–H and O–H groups in total. The van der Waals surface area contributed by atoms with Crippen LogP contribution in [0.4, 0.5) is 4.39 Å². The predicted octanol–water partition coefficient (Wildman–Crippen LogP) is 3.40. The molecule has 1 atom stereocenters. The molecule has 3 rings (SSSR count). The zero-order valence-electron chi connectivity index (χ0n) is 11.6. The SMILES string of the molecule is CN1CCCCC1Cn1c(CCl)nc2ccc(F)cc21. The fraction of sp³-hybridized carbons (Fsp3) is 0.533. The molecule has 108 valence electrons. The van der Waals surface area contributed by atoms with Gasteiger partial charge in [0.25, 0.3) is 0 Å². The maximum Gasteiger partial charge on any atom is 0.125 e. The number of benzene rings is 1. The predicted molar refractivity (Wildman–Crippen MR) is 79.5 cm³/mol. The van der Waals surface area contributed by atoms with Crippen molar-refractivity contribution in [2.24, 2.45) is 0 Å². The van der Waals surface area contributed by atoms with E-state index in [1.807, 2.05) is 0 Å². The molecule has 0 bridgehead atoms. The second kappa shape index (κ2) is 5.70. The highest BCUT2D eigenvalue weighted by Gasteiger charge is 2.21. The van der Waals surface area contributed by atoms with Gasteiger partial charge in [-0.25, -0.2) is 9.37 Å². The average molecular weight is 296 g/mol. The number of likely N-dealkylation sites (tertiary alicyclic amines) is 1. The molecule has 1 saturated heterocycles. The van der Waals surface area contributed by atoms with Crippen molar-refractivity contribution in [3.8, 4) is 0 Å². The Morgan fingerprint density at radius 1 is 1.40 bits per heavy atom. The molecule has 0 spiro atoms. The molecule has 1 fully saturated rings. The molecule has 1 aromatic carbocycles. The topological polar surface area (TPSA) is 21.1 Å². The smallest absolute Gasteiger partial charge is 0.125 e. The normalized spacial score (nSPS) is 20.6. The Hall–Kier alpha value is -1.13. The van der Waals surface area contributed by atoms with Crippen LogP contribution in [0.15, 0.2) is 18.2 Å². The second-order valence-electron chi connectivity index (χ2n) is 5.54. The monoisotopic (exact) mass is 295 g/mol. The minimum atomic E-state index is -0.225. The zero-order chi connectivity index (χ0) is 14.1. The first-order valence-corrected chi connectivity index (χ1v) is 7.63. The molecule has 5 heteroatoms. The van der Waals surface area contributed by atoms with E-state index in [9.17, 15) is 4.39 Å². The third-order valence-electron chi connectivity index (χ3n) is 4.22. The fourth-order valence-electron chi connectivity index (χ4n) is 3.04. The van der Waals surface area contributed by atoms with Crippen LogP contribution in [0, 0.1) is 5.82 Å². The van der Waals surface area contributed by atoms with E-state index in [0.717, 1.165) is 29.9 Å². The van der Waals surface area contributed by atoms with Gasteiger partial charge in [0.15, 0.2) is 0 Å². The number of alkyl halides is 1. The number of halogens is 2. The van der Waals surface area contributed by atoms with Crippen molar-refractivity contribution in [3.05, 3.63) is 29.8 Å². The largest absolute Gasteiger partial charge is 0.325 e. The lowest BCUT2D eigenvalue weighted by Gasteiger charge is -2.33. The summed E-state index contributed by atoms with van der Waals surface area (Å²) in [6, 6.07) is 5.21. The van der Waals surface area contributed by atoms with Gasteiger partial charge in [0.1, 0.15) is 11.6 Å². The molecule has 0 radical (unpaired) electrons. The lowest BCUT2D eigenvalue weighted by Crippen LogP contribution is -2.39. The number of nitrogens with zero attached hydrogens (tertiary/aromatic N) is 3. The summed E-state index contributed by atoms with van der Waals surface area (Å²) in [6.45, 7) is 1.96. The number of hydrogen-bond donors (Lipinski definition) is 0. The van der Waals surface area contributed by atoms with Crippen LogP contribution in [0.3, 0.4) is 0 Å². The van der Waals surface area contributed by atoms with Crippen molar-refractivity contribution in [1.82, 2.24) is 14.5 Å². The summed E-state index contributed by atoms with van der Waals surface area (Å²) < 4.78 is 15.6. The molecule has 0 amide bonds. The zero-order valence-corrected chi connectivity index (χ0v) is 12.4. The molecule has 0 aliphatic carbocycles. The standard InChI is InChI=1S/C15H19ClFN3/c1-19-7-3-2-4-12(19)10-20-14-8-11(17)5-6-13(14)18-15(20)9-16/h5-6,8,12H,2-4,7,9-10H2,1H3. The van der Waals surface area contributed by atoms with Crippen LogP contribution in [-0.4, -0.2) is 34.1 Å². The summed E-state index contributed by atoms with van der Waals surface area (Å²) in [5, 5.41) is 0. The lowest BCUT2D eigenvalue weighted by atomic mass is 10.0. The number of fused-ring (bicyclic) bond motifs is 1. The van der Waals surface area contributed by atoms with Crippen molar-refractivity contribution in [3.63, 3.8) is 0 Å². The van der Waals surface area contributed by atoms with Gasteiger partial charge in [-0.15, -0.1) is 11.6 Å². The maximum atomic E-state index is 13.5. The van der Waals surface area contributed by atoms with Crippen LogP contribution in [0.1, 0.15) is 25.1 Å². The van der Waals surface area contributed by atoms with Gasteiger partial charge in [0, 0.05) is 12.6 Å². The van der Waals surface area contributed by atoms with Crippen molar-refractivity contribution in [1.29, 1.82) is 0 Å². The maximum absolute atomic E-state index is 13.5. The van der Waals surface area contributed by atoms with Crippen molar-refractivity contribution < 1.29 is 4.39 Å². The molecule has 3 nitrogen and oxygen atoms in total. The van der Waals surface area contributed by atoms with Gasteiger partial charge in [-0.2, -0.15) is 0 Å². The van der Waals surface area contributed by atoms with Gasteiger partial charge in [-0.3, -0.25) is 0 Å². The molecular weight excluding hydrogens is 277 g/mol. The van der Waals surface area contributed by atoms with Crippen LogP contribution in [-0.2, 0) is 12.4 Å². The van der Waals surface area contributed by atoms with E-state index in [1.54, 1.807) is 12.1 Å². The lowest BCUT2D eigenvalue weighted by molar-refractivity contribution is 0.168. The fourth-order valence-corrected chi connectivity index (χ4v) is 3.24. The number of imidazole rings is 1. The van der Waals surface area contributed by atoms with E-state index in [1.165, 1.54) is 25.3 Å². The van der Waals surface area contributed by atoms with E-state index in [0.29, 0.717) is 11.9 Å². The quantitative estimate of drug-likeness (QED) is 0.809. The van der Waals surface area contributed by atoms with Gasteiger partial charge in [0.05, 0.1) is 16.9 Å². The molecule has 2 heterocycles. The first-order chi connectivity index (χ1) is 9.69. The summed E-state index contributed by atoms with van der Waals surface area (Å²) in [5.74, 6) is 0.954. The number of hydrogen-bond acceptors (Lipinski definition) is 2. The summed E-state index contributed by atoms with van der Waals surface area (Å²) in [4.78, 5) is 6.89. The molecule has 2 aromatic rings. The number of rotatable bonds is 3. The van der Waals surface area contributed by atoms with Gasteiger partial charge < -0.3 is 9.47 Å². The molecular formula is C15H19ClFN3. The Morgan fingerprint density at radius 2 is 2.25 bits per heavy atom. The highest BCUT2D eigenvalue weighted by molar-refractivity contribution is 6.16. The first-order valence-electron chi connectivity index (χ1n) is 7.10. The van der Waals surface area contributed by atoms with Crippen LogP contribution < -0.4 is 0 Å². The number of likely N-dealkylation sites (N-methyl/N-ethyl adjacent to an activating group) is 1. The van der Waals surface area contributed by atoms with E-state index in [-0.39, 0.29) is 5.82 Å². The van der Waals surface area contributed by atoms with Crippen molar-refractivity contribution in [2.75, 3.05) is 13.6 Å². The molecule has 1 unspecified atom stereocenters. The third kappa shape index (κ3) is 2.54. The van der Waals surface area contributed by atoms with Crippen LogP contribution >= 0.6 is 11.6 Å². The third-order valence-corrected chi connectivity index (χ3v) is 4.46. The van der Waals surface area contributed by atoms with Gasteiger partial charge in [-0.05, 0) is 44.6 Å². The summed E-state index contributed by atoms with van der Waals surface area (Å²) in [7, 11) is 2.16. The van der Waals surface area contributed by atoms with Crippen LogP contribution in [0.5, 0.6) is 0 Å². The Balaban J connectivity index is 1.98. The van der Waals surface area contributed by atoms with E-state index in [4.69, 9.17) is 11.6 Å². The summed E-state index contributed by atoms with van der Waals surface area (Å²) in [6.07, 6.45) is 3.69. The van der Waals surface area contributed by atoms with Gasteiger partial charge in [-0.1, -0.05) is 6.42 Å². The Kier molecular flexibility index (Phi) is 3.94. The summed E-state index contributed by atoms with van der Waals surface area (Å²) in [5.41, 5.74) is 1.67. The average Bonchev–Trinajstić information content (AvgIpc) is 2.79. The molecule has 20 heavy (non-hydrogen) atoms. The Bertz CT molecular complexity index is 610. The van der Waals surface area contributed by atoms with Crippen LogP contribution in [0.25, 0.3) is 11.0 Å². The van der Waals surface area contributed by atoms with Gasteiger partial charge >= 0.3 is 0 Å². The molecule has 0 saturated carbocycles.